The number of aromatic nitrogens is 2. The van der Waals surface area contributed by atoms with E-state index >= 15 is 0 Å². The van der Waals surface area contributed by atoms with Crippen molar-refractivity contribution in [2.45, 2.75) is 0 Å². The van der Waals surface area contributed by atoms with Crippen molar-refractivity contribution in [2.24, 2.45) is 0 Å². The van der Waals surface area contributed by atoms with Gasteiger partial charge in [0.2, 0.25) is 5.89 Å². The molecule has 1 aromatic carbocycles. The number of nitro groups is 1. The Morgan fingerprint density at radius 2 is 2.00 bits per heavy atom. The lowest BCUT2D eigenvalue weighted by molar-refractivity contribution is -0.384. The summed E-state index contributed by atoms with van der Waals surface area (Å²) in [7, 11) is 0. The molecular formula is C8H5N3O4. The molecule has 76 valence electrons. The largest absolute Gasteiger partial charge is 0.434 e. The van der Waals surface area contributed by atoms with Gasteiger partial charge < -0.3 is 4.42 Å². The Labute approximate surface area is 82.5 Å². The van der Waals surface area contributed by atoms with Crippen LogP contribution >= 0.6 is 0 Å². The second-order valence-corrected chi connectivity index (χ2v) is 2.72. The normalized spacial score (nSPS) is 10.1. The number of aromatic amines is 1. The molecule has 1 N–H and O–H groups in total. The molecule has 0 saturated heterocycles. The Hall–Kier alpha value is -2.44. The SMILES string of the molecule is O=c1[nH]nc(-c2ccc([N+](=O)[O-])cc2)o1. The number of nitro benzene ring substituents is 1. The van der Waals surface area contributed by atoms with Gasteiger partial charge in [-0.25, -0.2) is 9.89 Å². The summed E-state index contributed by atoms with van der Waals surface area (Å²) in [5.74, 6) is -0.557. The molecule has 0 amide bonds. The van der Waals surface area contributed by atoms with E-state index in [1.54, 1.807) is 0 Å². The highest BCUT2D eigenvalue weighted by Gasteiger charge is 2.08. The van der Waals surface area contributed by atoms with Crippen LogP contribution in [0.25, 0.3) is 11.5 Å². The highest BCUT2D eigenvalue weighted by Crippen LogP contribution is 2.18. The van der Waals surface area contributed by atoms with E-state index in [2.05, 4.69) is 14.6 Å². The Morgan fingerprint density at radius 3 is 2.47 bits per heavy atom. The first kappa shape index (κ1) is 9.13. The molecule has 1 aromatic heterocycles. The molecule has 0 aliphatic carbocycles. The van der Waals surface area contributed by atoms with E-state index < -0.39 is 10.7 Å². The Morgan fingerprint density at radius 1 is 1.33 bits per heavy atom. The summed E-state index contributed by atoms with van der Waals surface area (Å²) in [6, 6.07) is 5.53. The van der Waals surface area contributed by atoms with E-state index in [4.69, 9.17) is 0 Å². The fourth-order valence-corrected chi connectivity index (χ4v) is 1.08. The van der Waals surface area contributed by atoms with Gasteiger partial charge in [-0.05, 0) is 12.1 Å². The maximum absolute atomic E-state index is 10.6. The zero-order chi connectivity index (χ0) is 10.8. The van der Waals surface area contributed by atoms with Gasteiger partial charge in [0.05, 0.1) is 4.92 Å². The number of nitrogens with zero attached hydrogens (tertiary/aromatic N) is 2. The van der Waals surface area contributed by atoms with Gasteiger partial charge in [0.15, 0.2) is 0 Å². The van der Waals surface area contributed by atoms with Crippen LogP contribution in [0.4, 0.5) is 5.69 Å². The molecule has 0 spiro atoms. The van der Waals surface area contributed by atoms with Crippen molar-refractivity contribution in [3.8, 4) is 11.5 Å². The van der Waals surface area contributed by atoms with E-state index in [1.165, 1.54) is 24.3 Å². The Bertz CT molecular complexity index is 540. The fourth-order valence-electron chi connectivity index (χ4n) is 1.08. The van der Waals surface area contributed by atoms with Crippen molar-refractivity contribution in [1.82, 2.24) is 10.2 Å². The lowest BCUT2D eigenvalue weighted by Crippen LogP contribution is -1.93. The minimum atomic E-state index is -0.664. The molecule has 2 aromatic rings. The lowest BCUT2D eigenvalue weighted by Gasteiger charge is -1.93. The number of hydrogen-bond donors (Lipinski definition) is 1. The topological polar surface area (TPSA) is 102 Å². The average Bonchev–Trinajstić information content (AvgIpc) is 2.65. The summed E-state index contributed by atoms with van der Waals surface area (Å²) in [5, 5.41) is 16.0. The van der Waals surface area contributed by atoms with Gasteiger partial charge in [-0.15, -0.1) is 5.10 Å². The van der Waals surface area contributed by atoms with Crippen LogP contribution in [0, 0.1) is 10.1 Å². The van der Waals surface area contributed by atoms with Crippen LogP contribution in [-0.4, -0.2) is 15.1 Å². The first-order chi connectivity index (χ1) is 7.16. The summed E-state index contributed by atoms with van der Waals surface area (Å²) in [5.41, 5.74) is 0.468. The van der Waals surface area contributed by atoms with Crippen molar-refractivity contribution in [2.75, 3.05) is 0 Å². The third-order valence-electron chi connectivity index (χ3n) is 1.76. The molecule has 2 rings (SSSR count). The van der Waals surface area contributed by atoms with Crippen molar-refractivity contribution >= 4 is 5.69 Å². The minimum Gasteiger partial charge on any atom is -0.388 e. The standard InChI is InChI=1S/C8H5N3O4/c12-8-10-9-7(15-8)5-1-3-6(4-2-5)11(13)14/h1-4H,(H,10,12). The molecule has 0 radical (unpaired) electrons. The van der Waals surface area contributed by atoms with Gasteiger partial charge in [0.1, 0.15) is 0 Å². The summed E-state index contributed by atoms with van der Waals surface area (Å²) in [4.78, 5) is 20.5. The van der Waals surface area contributed by atoms with Gasteiger partial charge in [-0.1, -0.05) is 0 Å². The molecule has 0 aliphatic heterocycles. The second kappa shape index (κ2) is 3.37. The van der Waals surface area contributed by atoms with E-state index in [0.29, 0.717) is 5.56 Å². The van der Waals surface area contributed by atoms with Gasteiger partial charge in [-0.2, -0.15) is 0 Å². The Balaban J connectivity index is 2.39. The molecule has 15 heavy (non-hydrogen) atoms. The van der Waals surface area contributed by atoms with Crippen LogP contribution in [0.3, 0.4) is 0 Å². The van der Waals surface area contributed by atoms with Crippen LogP contribution in [0.2, 0.25) is 0 Å². The minimum absolute atomic E-state index is 0.0309. The van der Waals surface area contributed by atoms with Gasteiger partial charge >= 0.3 is 5.76 Å². The number of benzene rings is 1. The first-order valence-corrected chi connectivity index (χ1v) is 3.97. The van der Waals surface area contributed by atoms with Crippen LogP contribution in [0.1, 0.15) is 0 Å². The summed E-state index contributed by atoms with van der Waals surface area (Å²) < 4.78 is 4.68. The molecule has 0 bridgehead atoms. The van der Waals surface area contributed by atoms with Gasteiger partial charge in [0, 0.05) is 17.7 Å². The van der Waals surface area contributed by atoms with Crippen LogP contribution in [0.5, 0.6) is 0 Å². The molecule has 1 heterocycles. The Kier molecular flexibility index (Phi) is 2.05. The first-order valence-electron chi connectivity index (χ1n) is 3.97. The molecule has 0 aliphatic rings. The zero-order valence-corrected chi connectivity index (χ0v) is 7.34. The summed E-state index contributed by atoms with van der Waals surface area (Å²) in [6.45, 7) is 0. The van der Waals surface area contributed by atoms with Gasteiger partial charge in [-0.3, -0.25) is 10.1 Å². The van der Waals surface area contributed by atoms with Crippen LogP contribution in [0.15, 0.2) is 33.5 Å². The lowest BCUT2D eigenvalue weighted by atomic mass is 10.2. The van der Waals surface area contributed by atoms with Crippen molar-refractivity contribution < 1.29 is 9.34 Å². The molecule has 0 atom stereocenters. The van der Waals surface area contributed by atoms with Gasteiger partial charge in [0.25, 0.3) is 5.69 Å². The van der Waals surface area contributed by atoms with Crippen molar-refractivity contribution in [3.63, 3.8) is 0 Å². The van der Waals surface area contributed by atoms with Crippen LogP contribution < -0.4 is 5.76 Å². The quantitative estimate of drug-likeness (QED) is 0.583. The number of hydrogen-bond acceptors (Lipinski definition) is 5. The van der Waals surface area contributed by atoms with Crippen LogP contribution in [-0.2, 0) is 0 Å². The smallest absolute Gasteiger partial charge is 0.388 e. The highest BCUT2D eigenvalue weighted by atomic mass is 16.6. The monoisotopic (exact) mass is 207 g/mol. The number of H-pyrrole nitrogens is 1. The third-order valence-corrected chi connectivity index (χ3v) is 1.76. The predicted molar refractivity (Wildman–Crippen MR) is 49.2 cm³/mol. The summed E-state index contributed by atoms with van der Waals surface area (Å²) >= 11 is 0. The molecule has 0 saturated carbocycles. The van der Waals surface area contributed by atoms with E-state index in [1.807, 2.05) is 0 Å². The zero-order valence-electron chi connectivity index (χ0n) is 7.34. The average molecular weight is 207 g/mol. The number of rotatable bonds is 2. The number of non-ortho nitro benzene ring substituents is 1. The molecule has 7 heteroatoms. The summed E-state index contributed by atoms with van der Waals surface area (Å²) in [6.07, 6.45) is 0. The second-order valence-electron chi connectivity index (χ2n) is 2.72. The molecule has 7 nitrogen and oxygen atoms in total. The molecular weight excluding hydrogens is 202 g/mol. The van der Waals surface area contributed by atoms with Crippen molar-refractivity contribution in [1.29, 1.82) is 0 Å². The van der Waals surface area contributed by atoms with E-state index in [0.717, 1.165) is 0 Å². The highest BCUT2D eigenvalue weighted by molar-refractivity contribution is 5.54. The van der Waals surface area contributed by atoms with Crippen molar-refractivity contribution in [3.05, 3.63) is 44.9 Å². The van der Waals surface area contributed by atoms with E-state index in [-0.39, 0.29) is 11.6 Å². The van der Waals surface area contributed by atoms with E-state index in [9.17, 15) is 14.9 Å². The third kappa shape index (κ3) is 1.75. The number of nitrogens with one attached hydrogen (secondary N) is 1. The molecule has 0 fully saturated rings. The predicted octanol–water partition coefficient (Wildman–Crippen LogP) is 0.938. The fraction of sp³-hybridized carbons (Fsp3) is 0. The maximum Gasteiger partial charge on any atom is 0.434 e. The maximum atomic E-state index is 10.6. The molecule has 0 unspecified atom stereocenters.